The Hall–Kier alpha value is -18.2. The Bertz CT molecular complexity index is 10300. The molecular formula is C139H103N9. The van der Waals surface area contributed by atoms with Crippen molar-refractivity contribution in [3.63, 3.8) is 0 Å². The van der Waals surface area contributed by atoms with Crippen molar-refractivity contribution < 1.29 is 0 Å². The van der Waals surface area contributed by atoms with Gasteiger partial charge in [0.1, 0.15) is 0 Å². The molecular weight excluding hydrogens is 1800 g/mol. The molecule has 0 aliphatic rings. The third-order valence-electron chi connectivity index (χ3n) is 33.5. The van der Waals surface area contributed by atoms with Crippen molar-refractivity contribution in [1.82, 2.24) is 41.1 Å². The molecule has 0 saturated heterocycles. The fourth-order valence-electron chi connectivity index (χ4n) is 26.7. The van der Waals surface area contributed by atoms with Gasteiger partial charge in [0.15, 0.2) is 0 Å². The number of hydrogen-bond donors (Lipinski definition) is 0. The van der Waals surface area contributed by atoms with E-state index in [-0.39, 0.29) is 5.41 Å². The summed E-state index contributed by atoms with van der Waals surface area (Å²) in [5, 5.41) is 22.1. The summed E-state index contributed by atoms with van der Waals surface area (Å²) in [5.74, 6) is 0. The predicted molar refractivity (Wildman–Crippen MR) is 625 cm³/mol. The van der Waals surface area contributed by atoms with E-state index in [1.165, 1.54) is 174 Å². The second kappa shape index (κ2) is 33.2. The largest absolute Gasteiger partial charge is 0.309 e. The average molecular weight is 1900 g/mol. The van der Waals surface area contributed by atoms with Crippen molar-refractivity contribution in [2.75, 3.05) is 0 Å². The average Bonchev–Trinajstić information content (AvgIpc) is 1.58. The van der Waals surface area contributed by atoms with Gasteiger partial charge in [0.05, 0.1) is 150 Å². The summed E-state index contributed by atoms with van der Waals surface area (Å²) in [7, 11) is 0. The third kappa shape index (κ3) is 12.5. The Balaban J connectivity index is 0.572. The summed E-state index contributed by atoms with van der Waals surface area (Å²) in [5.41, 5.74) is 35.3. The first-order chi connectivity index (χ1) is 73.1. The fourth-order valence-corrected chi connectivity index (χ4v) is 26.7. The SMILES string of the molecule is CCCCC(C)(c1ccc2c(c1)c1ccccc1n2-c1cc(-n2c3ccccc3c3ccccc32)cc(-n2c3ccccc3c3ccccc32)c1)c1ccc2c(c1)c1ccccc1n2-c1cc(-n2c3ccccc3c3ccccc32)cc(-n2c3ccccc3c3cc(C(CC)(CCCC)c4ccc5c(c4)c4ccccc4n5-c4cc(-n5c6ccccc6c6ccccc65)cc(-n5c6ccccc6c6ccccc65)c4)ccc32)c1. The maximum absolute atomic E-state index is 2.60. The normalized spacial score (nSPS) is 13.2. The van der Waals surface area contributed by atoms with E-state index in [0.29, 0.717) is 0 Å². The summed E-state index contributed by atoms with van der Waals surface area (Å²) in [6, 6.07) is 178. The molecule has 148 heavy (non-hydrogen) atoms. The zero-order valence-electron chi connectivity index (χ0n) is 82.9. The molecule has 0 aliphatic carbocycles. The molecule has 9 heteroatoms. The van der Waals surface area contributed by atoms with Crippen LogP contribution >= 0.6 is 0 Å². The number of benzene rings is 21. The highest BCUT2D eigenvalue weighted by molar-refractivity contribution is 6.18. The van der Waals surface area contributed by atoms with Gasteiger partial charge in [0.25, 0.3) is 0 Å². The molecule has 0 bridgehead atoms. The molecule has 0 N–H and O–H groups in total. The van der Waals surface area contributed by atoms with Crippen LogP contribution in [0.25, 0.3) is 247 Å². The van der Waals surface area contributed by atoms with Gasteiger partial charge in [-0.2, -0.15) is 0 Å². The summed E-state index contributed by atoms with van der Waals surface area (Å²) >= 11 is 0. The van der Waals surface area contributed by atoms with E-state index in [1.54, 1.807) is 0 Å². The molecule has 0 amide bonds. The van der Waals surface area contributed by atoms with E-state index in [9.17, 15) is 0 Å². The molecule has 0 radical (unpaired) electrons. The zero-order chi connectivity index (χ0) is 97.9. The van der Waals surface area contributed by atoms with Crippen molar-refractivity contribution in [3.05, 3.63) is 489 Å². The summed E-state index contributed by atoms with van der Waals surface area (Å²) in [6.07, 6.45) is 7.11. The molecule has 2 unspecified atom stereocenters. The molecule has 704 valence electrons. The van der Waals surface area contributed by atoms with Crippen molar-refractivity contribution in [2.24, 2.45) is 0 Å². The van der Waals surface area contributed by atoms with Crippen molar-refractivity contribution in [2.45, 2.75) is 83.5 Å². The molecule has 30 rings (SSSR count). The Morgan fingerprint density at radius 1 is 0.149 bits per heavy atom. The minimum atomic E-state index is -0.402. The van der Waals surface area contributed by atoms with Crippen LogP contribution in [0.1, 0.15) is 94.9 Å². The lowest BCUT2D eigenvalue weighted by Gasteiger charge is -2.35. The molecule has 30 aromatic rings. The molecule has 0 fully saturated rings. The van der Waals surface area contributed by atoms with Crippen LogP contribution in [0.4, 0.5) is 0 Å². The highest BCUT2D eigenvalue weighted by Crippen LogP contribution is 2.52. The molecule has 9 aromatic heterocycles. The Morgan fingerprint density at radius 2 is 0.291 bits per heavy atom. The molecule has 0 spiro atoms. The number of fused-ring (bicyclic) bond motifs is 27. The topological polar surface area (TPSA) is 44.4 Å². The first-order valence-electron chi connectivity index (χ1n) is 52.7. The lowest BCUT2D eigenvalue weighted by molar-refractivity contribution is 0.438. The molecule has 2 atom stereocenters. The second-order valence-corrected chi connectivity index (χ2v) is 41.3. The smallest absolute Gasteiger partial charge is 0.0541 e. The van der Waals surface area contributed by atoms with Crippen LogP contribution in [0.15, 0.2) is 467 Å². The molecule has 9 heterocycles. The van der Waals surface area contributed by atoms with Gasteiger partial charge in [0, 0.05) is 108 Å². The number of rotatable bonds is 20. The fraction of sp³-hybridized carbons (Fsp3) is 0.0935. The van der Waals surface area contributed by atoms with Gasteiger partial charge in [-0.3, -0.25) is 0 Å². The summed E-state index contributed by atoms with van der Waals surface area (Å²) in [4.78, 5) is 0. The van der Waals surface area contributed by atoms with Gasteiger partial charge in [-0.1, -0.05) is 332 Å². The Labute approximate surface area is 855 Å². The summed E-state index contributed by atoms with van der Waals surface area (Å²) in [6.45, 7) is 9.66. The molecule has 21 aromatic carbocycles. The van der Waals surface area contributed by atoms with Crippen LogP contribution in [0, 0.1) is 0 Å². The van der Waals surface area contributed by atoms with E-state index in [4.69, 9.17) is 0 Å². The van der Waals surface area contributed by atoms with Gasteiger partial charge in [-0.05, 0) is 230 Å². The highest BCUT2D eigenvalue weighted by atomic mass is 15.1. The van der Waals surface area contributed by atoms with E-state index >= 15 is 0 Å². The van der Waals surface area contributed by atoms with E-state index < -0.39 is 5.41 Å². The van der Waals surface area contributed by atoms with Crippen molar-refractivity contribution in [3.8, 4) is 51.2 Å². The maximum atomic E-state index is 2.60. The molecule has 9 nitrogen and oxygen atoms in total. The van der Waals surface area contributed by atoms with Crippen LogP contribution in [-0.4, -0.2) is 41.1 Å². The maximum Gasteiger partial charge on any atom is 0.0541 e. The number of aromatic nitrogens is 9. The highest BCUT2D eigenvalue weighted by Gasteiger charge is 2.37. The van der Waals surface area contributed by atoms with Crippen molar-refractivity contribution in [1.29, 1.82) is 0 Å². The first kappa shape index (κ1) is 85.4. The zero-order valence-corrected chi connectivity index (χ0v) is 82.9. The van der Waals surface area contributed by atoms with E-state index in [2.05, 4.69) is 536 Å². The van der Waals surface area contributed by atoms with Crippen LogP contribution in [0.2, 0.25) is 0 Å². The monoisotopic (exact) mass is 1900 g/mol. The van der Waals surface area contributed by atoms with Gasteiger partial charge in [-0.25, -0.2) is 0 Å². The van der Waals surface area contributed by atoms with E-state index in [1.807, 2.05) is 0 Å². The number of hydrogen-bond acceptors (Lipinski definition) is 0. The standard InChI is InChI=1S/C139H103N9/c1-5-8-74-138(4,89-66-70-134-116(76-89)112-48-20-34-62-130(112)145(134)98-82-93(140-120-52-24-10-38-102(120)103-39-11-25-53-121(103)140)80-94(83-98)141-122-54-26-12-40-104(122)105-41-13-27-55-123(105)141)90-67-71-135-117(77-90)113-49-21-35-63-131(113)146(135)100-86-97(144-128-60-32-18-46-110(128)111-47-19-33-61-129(111)144)87-101(88-100)148-133-65-37-23-51-115(133)119-79-92(69-73-137(119)148)139(7-3,75-9-6-2)91-68-72-136-118(78-91)114-50-22-36-64-132(114)147(136)99-84-95(142-124-56-28-14-42-106(124)107-43-15-29-57-125(107)142)81-96(85-99)143-126-58-30-16-44-108(126)109-45-17-31-59-127(109)143/h10-73,76-88H,5-9,74-75H2,1-4H3. The summed E-state index contributed by atoms with van der Waals surface area (Å²) < 4.78 is 22.7. The number of unbranched alkanes of at least 4 members (excludes halogenated alkanes) is 2. The number of para-hydroxylation sites is 14. The predicted octanol–water partition coefficient (Wildman–Crippen LogP) is 36.9. The van der Waals surface area contributed by atoms with Crippen molar-refractivity contribution >= 4 is 196 Å². The van der Waals surface area contributed by atoms with Gasteiger partial charge in [-0.15, -0.1) is 0 Å². The lowest BCUT2D eigenvalue weighted by Crippen LogP contribution is -2.27. The van der Waals surface area contributed by atoms with Crippen LogP contribution in [0.5, 0.6) is 0 Å². The van der Waals surface area contributed by atoms with Crippen LogP contribution in [-0.2, 0) is 10.8 Å². The molecule has 0 saturated carbocycles. The quantitative estimate of drug-likeness (QED) is 0.0730. The van der Waals surface area contributed by atoms with Gasteiger partial charge in [0.2, 0.25) is 0 Å². The van der Waals surface area contributed by atoms with Crippen LogP contribution in [0.3, 0.4) is 0 Å². The van der Waals surface area contributed by atoms with E-state index in [0.717, 1.165) is 140 Å². The van der Waals surface area contributed by atoms with Gasteiger partial charge < -0.3 is 41.1 Å². The molecule has 0 aliphatic heterocycles. The first-order valence-corrected chi connectivity index (χ1v) is 52.7. The minimum absolute atomic E-state index is 0.360. The Kier molecular flexibility index (Phi) is 19.2. The third-order valence-corrected chi connectivity index (χ3v) is 33.5. The second-order valence-electron chi connectivity index (χ2n) is 41.3. The number of nitrogens with zero attached hydrogens (tertiary/aromatic N) is 9. The minimum Gasteiger partial charge on any atom is -0.309 e. The van der Waals surface area contributed by atoms with Crippen LogP contribution < -0.4 is 0 Å². The van der Waals surface area contributed by atoms with Gasteiger partial charge >= 0.3 is 0 Å². The Morgan fingerprint density at radius 3 is 0.459 bits per heavy atom. The lowest BCUT2D eigenvalue weighted by atomic mass is 9.69.